The predicted octanol–water partition coefficient (Wildman–Crippen LogP) is 2.19. The van der Waals surface area contributed by atoms with Gasteiger partial charge in [0.25, 0.3) is 10.1 Å². The molecule has 0 aromatic heterocycles. The SMILES string of the molecule is CC(=O)OC1[C@H](OC(C)=O)OC(COS(=O)(=O)c2ccc(C)cc2)[C@@H](C)[C@@H]1C. The molecule has 1 heterocycles. The van der Waals surface area contributed by atoms with Crippen molar-refractivity contribution >= 4 is 22.1 Å². The quantitative estimate of drug-likeness (QED) is 0.515. The molecule has 1 saturated heterocycles. The summed E-state index contributed by atoms with van der Waals surface area (Å²) in [4.78, 5) is 22.8. The summed E-state index contributed by atoms with van der Waals surface area (Å²) in [7, 11) is -3.96. The Morgan fingerprint density at radius 3 is 2.11 bits per heavy atom. The molecule has 0 spiro atoms. The van der Waals surface area contributed by atoms with Crippen LogP contribution in [0.25, 0.3) is 0 Å². The summed E-state index contributed by atoms with van der Waals surface area (Å²) in [6.45, 7) is 7.71. The molecule has 0 aliphatic carbocycles. The molecular formula is C19H26O8S. The van der Waals surface area contributed by atoms with Crippen molar-refractivity contribution in [2.45, 2.75) is 58.0 Å². The summed E-state index contributed by atoms with van der Waals surface area (Å²) in [5.41, 5.74) is 0.928. The van der Waals surface area contributed by atoms with E-state index in [2.05, 4.69) is 0 Å². The van der Waals surface area contributed by atoms with Crippen molar-refractivity contribution in [1.82, 2.24) is 0 Å². The van der Waals surface area contributed by atoms with E-state index < -0.39 is 40.6 Å². The van der Waals surface area contributed by atoms with Gasteiger partial charge in [0.15, 0.2) is 6.10 Å². The number of carbonyl (C=O) groups excluding carboxylic acids is 2. The van der Waals surface area contributed by atoms with Crippen LogP contribution in [-0.2, 0) is 38.1 Å². The molecule has 0 N–H and O–H groups in total. The fraction of sp³-hybridized carbons (Fsp3) is 0.579. The number of hydrogen-bond donors (Lipinski definition) is 0. The predicted molar refractivity (Wildman–Crippen MR) is 98.6 cm³/mol. The molecule has 0 amide bonds. The molecular weight excluding hydrogens is 388 g/mol. The van der Waals surface area contributed by atoms with E-state index in [0.717, 1.165) is 5.56 Å². The van der Waals surface area contributed by atoms with Crippen molar-refractivity contribution in [2.75, 3.05) is 6.61 Å². The molecule has 5 atom stereocenters. The Labute approximate surface area is 165 Å². The van der Waals surface area contributed by atoms with Crippen molar-refractivity contribution in [3.05, 3.63) is 29.8 Å². The zero-order chi connectivity index (χ0) is 21.1. The highest BCUT2D eigenvalue weighted by molar-refractivity contribution is 7.86. The van der Waals surface area contributed by atoms with Crippen LogP contribution in [0.4, 0.5) is 0 Å². The highest BCUT2D eigenvalue weighted by Gasteiger charge is 2.45. The lowest BCUT2D eigenvalue weighted by Gasteiger charge is -2.42. The van der Waals surface area contributed by atoms with E-state index in [1.807, 2.05) is 20.8 Å². The van der Waals surface area contributed by atoms with Gasteiger partial charge in [-0.15, -0.1) is 0 Å². The van der Waals surface area contributed by atoms with Crippen LogP contribution in [0.1, 0.15) is 33.3 Å². The van der Waals surface area contributed by atoms with Gasteiger partial charge in [-0.05, 0) is 25.0 Å². The maximum atomic E-state index is 12.4. The van der Waals surface area contributed by atoms with Gasteiger partial charge in [0.2, 0.25) is 6.29 Å². The lowest BCUT2D eigenvalue weighted by Crippen LogP contribution is -2.53. The molecule has 156 valence electrons. The van der Waals surface area contributed by atoms with Gasteiger partial charge in [-0.1, -0.05) is 31.5 Å². The molecule has 1 fully saturated rings. The van der Waals surface area contributed by atoms with Crippen molar-refractivity contribution in [3.63, 3.8) is 0 Å². The van der Waals surface area contributed by atoms with Crippen molar-refractivity contribution < 1.29 is 36.4 Å². The van der Waals surface area contributed by atoms with Crippen LogP contribution in [0.3, 0.4) is 0 Å². The maximum Gasteiger partial charge on any atom is 0.305 e. The minimum absolute atomic E-state index is 0.0453. The van der Waals surface area contributed by atoms with Gasteiger partial charge in [0, 0.05) is 19.8 Å². The van der Waals surface area contributed by atoms with Gasteiger partial charge in [0.1, 0.15) is 0 Å². The zero-order valence-corrected chi connectivity index (χ0v) is 17.4. The first-order valence-electron chi connectivity index (χ1n) is 8.97. The second-order valence-electron chi connectivity index (χ2n) is 7.00. The largest absolute Gasteiger partial charge is 0.456 e. The van der Waals surface area contributed by atoms with Crippen LogP contribution >= 0.6 is 0 Å². The Kier molecular flexibility index (Phi) is 7.19. The van der Waals surface area contributed by atoms with Gasteiger partial charge < -0.3 is 14.2 Å². The van der Waals surface area contributed by atoms with Gasteiger partial charge in [0.05, 0.1) is 17.6 Å². The first-order valence-corrected chi connectivity index (χ1v) is 10.4. The van der Waals surface area contributed by atoms with E-state index in [9.17, 15) is 18.0 Å². The molecule has 0 saturated carbocycles. The van der Waals surface area contributed by atoms with Crippen molar-refractivity contribution in [2.24, 2.45) is 11.8 Å². The summed E-state index contributed by atoms with van der Waals surface area (Å²) in [5, 5.41) is 0. The topological polar surface area (TPSA) is 105 Å². The first-order chi connectivity index (χ1) is 13.0. The third-order valence-electron chi connectivity index (χ3n) is 4.79. The smallest absolute Gasteiger partial charge is 0.305 e. The molecule has 8 nitrogen and oxygen atoms in total. The Hall–Kier alpha value is -1.97. The van der Waals surface area contributed by atoms with Crippen LogP contribution < -0.4 is 0 Å². The van der Waals surface area contributed by atoms with Gasteiger partial charge >= 0.3 is 11.9 Å². The monoisotopic (exact) mass is 414 g/mol. The Morgan fingerprint density at radius 1 is 1.00 bits per heavy atom. The van der Waals surface area contributed by atoms with Crippen LogP contribution in [-0.4, -0.2) is 45.5 Å². The standard InChI is InChI=1S/C19H26O8S/c1-11-6-8-16(9-7-11)28(22,23)24-10-17-12(2)13(3)18(25-14(4)20)19(27-17)26-15(5)21/h6-9,12-13,17-19H,10H2,1-5H3/t12-,13-,17?,18?,19+/m0/s1. The highest BCUT2D eigenvalue weighted by atomic mass is 32.2. The molecule has 0 bridgehead atoms. The first kappa shape index (κ1) is 22.3. The van der Waals surface area contributed by atoms with E-state index in [-0.39, 0.29) is 23.3 Å². The molecule has 1 aliphatic heterocycles. The number of benzene rings is 1. The second kappa shape index (κ2) is 9.02. The fourth-order valence-corrected chi connectivity index (χ4v) is 3.91. The zero-order valence-electron chi connectivity index (χ0n) is 16.6. The molecule has 1 aromatic rings. The maximum absolute atomic E-state index is 12.4. The van der Waals surface area contributed by atoms with E-state index in [0.29, 0.717) is 0 Å². The normalized spacial score (nSPS) is 27.8. The number of esters is 2. The summed E-state index contributed by atoms with van der Waals surface area (Å²) in [6, 6.07) is 6.30. The van der Waals surface area contributed by atoms with Crippen molar-refractivity contribution in [3.8, 4) is 0 Å². The Balaban J connectivity index is 2.13. The molecule has 28 heavy (non-hydrogen) atoms. The third kappa shape index (κ3) is 5.52. The number of carbonyl (C=O) groups is 2. The van der Waals surface area contributed by atoms with E-state index in [4.69, 9.17) is 18.4 Å². The van der Waals surface area contributed by atoms with E-state index in [1.165, 1.54) is 26.0 Å². The highest BCUT2D eigenvalue weighted by Crippen LogP contribution is 2.34. The molecule has 2 unspecified atom stereocenters. The van der Waals surface area contributed by atoms with Gasteiger partial charge in [-0.2, -0.15) is 8.42 Å². The molecule has 0 radical (unpaired) electrons. The van der Waals surface area contributed by atoms with E-state index >= 15 is 0 Å². The van der Waals surface area contributed by atoms with Crippen LogP contribution in [0.2, 0.25) is 0 Å². The summed E-state index contributed by atoms with van der Waals surface area (Å²) < 4.78 is 46.1. The second-order valence-corrected chi connectivity index (χ2v) is 8.61. The Morgan fingerprint density at radius 2 is 1.57 bits per heavy atom. The van der Waals surface area contributed by atoms with E-state index in [1.54, 1.807) is 12.1 Å². The van der Waals surface area contributed by atoms with Gasteiger partial charge in [-0.25, -0.2) is 0 Å². The average molecular weight is 414 g/mol. The molecule has 9 heteroatoms. The van der Waals surface area contributed by atoms with Crippen LogP contribution in [0, 0.1) is 18.8 Å². The van der Waals surface area contributed by atoms with Crippen LogP contribution in [0.15, 0.2) is 29.2 Å². The Bertz CT molecular complexity index is 802. The van der Waals surface area contributed by atoms with Gasteiger partial charge in [-0.3, -0.25) is 13.8 Å². The average Bonchev–Trinajstić information content (AvgIpc) is 2.60. The lowest BCUT2D eigenvalue weighted by molar-refractivity contribution is -0.269. The third-order valence-corrected chi connectivity index (χ3v) is 6.09. The number of rotatable bonds is 6. The number of ether oxygens (including phenoxy) is 3. The minimum Gasteiger partial charge on any atom is -0.456 e. The summed E-state index contributed by atoms with van der Waals surface area (Å²) in [5.74, 6) is -1.60. The van der Waals surface area contributed by atoms with Crippen LogP contribution in [0.5, 0.6) is 0 Å². The lowest BCUT2D eigenvalue weighted by atomic mass is 9.83. The number of hydrogen-bond acceptors (Lipinski definition) is 8. The fourth-order valence-electron chi connectivity index (χ4n) is 2.99. The summed E-state index contributed by atoms with van der Waals surface area (Å²) in [6.07, 6.45) is -2.60. The molecule has 2 rings (SSSR count). The summed E-state index contributed by atoms with van der Waals surface area (Å²) >= 11 is 0. The molecule has 1 aliphatic rings. The van der Waals surface area contributed by atoms with Crippen molar-refractivity contribution in [1.29, 1.82) is 0 Å². The number of aryl methyl sites for hydroxylation is 1. The molecule has 1 aromatic carbocycles. The minimum atomic E-state index is -3.96.